The van der Waals surface area contributed by atoms with Gasteiger partial charge < -0.3 is 4.98 Å². The molecule has 1 aromatic heterocycles. The molecule has 15 heavy (non-hydrogen) atoms. The van der Waals surface area contributed by atoms with E-state index in [1.807, 2.05) is 0 Å². The number of H-pyrrole nitrogens is 1. The fraction of sp³-hybridized carbons (Fsp3) is 0. The van der Waals surface area contributed by atoms with Crippen molar-refractivity contribution in [3.63, 3.8) is 0 Å². The molecule has 2 nitrogen and oxygen atoms in total. The molecule has 2 rings (SSSR count). The van der Waals surface area contributed by atoms with Gasteiger partial charge in [-0.3, -0.25) is 4.79 Å². The van der Waals surface area contributed by atoms with Crippen molar-refractivity contribution in [1.82, 2.24) is 4.98 Å². The van der Waals surface area contributed by atoms with E-state index < -0.39 is 11.6 Å². The molecular weight excluding hydrogens is 200 g/mol. The molecule has 0 unspecified atom stereocenters. The Morgan fingerprint density at radius 2 is 1.93 bits per heavy atom. The SMILES string of the molecule is O=Cc1c[nH]c(-c2ccccc2F)c1F. The lowest BCUT2D eigenvalue weighted by atomic mass is 10.1. The summed E-state index contributed by atoms with van der Waals surface area (Å²) in [5.41, 5.74) is 0.00607. The van der Waals surface area contributed by atoms with Crippen molar-refractivity contribution < 1.29 is 13.6 Å². The van der Waals surface area contributed by atoms with Crippen LogP contribution in [0.1, 0.15) is 10.4 Å². The fourth-order valence-corrected chi connectivity index (χ4v) is 1.37. The van der Waals surface area contributed by atoms with Crippen LogP contribution >= 0.6 is 0 Å². The van der Waals surface area contributed by atoms with Gasteiger partial charge in [0.2, 0.25) is 0 Å². The van der Waals surface area contributed by atoms with Crippen LogP contribution in [0.15, 0.2) is 30.5 Å². The van der Waals surface area contributed by atoms with Gasteiger partial charge in [0, 0.05) is 11.8 Å². The molecule has 2 aromatic rings. The number of carbonyl (C=O) groups excluding carboxylic acids is 1. The van der Waals surface area contributed by atoms with E-state index in [1.165, 1.54) is 24.4 Å². The van der Waals surface area contributed by atoms with E-state index in [0.29, 0.717) is 6.29 Å². The smallest absolute Gasteiger partial charge is 0.159 e. The molecule has 0 saturated heterocycles. The number of benzene rings is 1. The van der Waals surface area contributed by atoms with E-state index in [2.05, 4.69) is 4.98 Å². The first-order valence-corrected chi connectivity index (χ1v) is 4.31. The van der Waals surface area contributed by atoms with Crippen molar-refractivity contribution in [3.05, 3.63) is 47.7 Å². The number of carbonyl (C=O) groups is 1. The monoisotopic (exact) mass is 207 g/mol. The molecular formula is C11H7F2NO. The lowest BCUT2D eigenvalue weighted by Crippen LogP contribution is -1.87. The van der Waals surface area contributed by atoms with Crippen LogP contribution in [0.4, 0.5) is 8.78 Å². The highest BCUT2D eigenvalue weighted by Crippen LogP contribution is 2.25. The highest BCUT2D eigenvalue weighted by atomic mass is 19.1. The molecule has 0 fully saturated rings. The van der Waals surface area contributed by atoms with Crippen LogP contribution in [0.3, 0.4) is 0 Å². The van der Waals surface area contributed by atoms with E-state index in [-0.39, 0.29) is 16.8 Å². The van der Waals surface area contributed by atoms with E-state index in [1.54, 1.807) is 6.07 Å². The molecule has 0 atom stereocenters. The van der Waals surface area contributed by atoms with Crippen molar-refractivity contribution in [2.24, 2.45) is 0 Å². The number of rotatable bonds is 2. The Hall–Kier alpha value is -1.97. The fourth-order valence-electron chi connectivity index (χ4n) is 1.37. The van der Waals surface area contributed by atoms with Gasteiger partial charge in [-0.1, -0.05) is 12.1 Å². The van der Waals surface area contributed by atoms with Crippen LogP contribution in [0.2, 0.25) is 0 Å². The summed E-state index contributed by atoms with van der Waals surface area (Å²) in [7, 11) is 0. The van der Waals surface area contributed by atoms with Crippen LogP contribution < -0.4 is 0 Å². The maximum Gasteiger partial charge on any atom is 0.159 e. The van der Waals surface area contributed by atoms with Gasteiger partial charge in [-0.2, -0.15) is 0 Å². The van der Waals surface area contributed by atoms with E-state index >= 15 is 0 Å². The molecule has 1 aromatic carbocycles. The first-order valence-electron chi connectivity index (χ1n) is 4.31. The maximum absolute atomic E-state index is 13.5. The zero-order valence-corrected chi connectivity index (χ0v) is 7.63. The van der Waals surface area contributed by atoms with Crippen LogP contribution in [0, 0.1) is 11.6 Å². The van der Waals surface area contributed by atoms with Gasteiger partial charge in [0.25, 0.3) is 0 Å². The van der Waals surface area contributed by atoms with Gasteiger partial charge >= 0.3 is 0 Å². The number of nitrogens with one attached hydrogen (secondary N) is 1. The molecule has 0 bridgehead atoms. The summed E-state index contributed by atoms with van der Waals surface area (Å²) in [6.45, 7) is 0. The van der Waals surface area contributed by atoms with Gasteiger partial charge in [-0.05, 0) is 12.1 Å². The van der Waals surface area contributed by atoms with Gasteiger partial charge in [0.1, 0.15) is 5.82 Å². The summed E-state index contributed by atoms with van der Waals surface area (Å²) in [5.74, 6) is -1.26. The van der Waals surface area contributed by atoms with Crippen LogP contribution in [0.5, 0.6) is 0 Å². The number of aldehydes is 1. The van der Waals surface area contributed by atoms with Crippen molar-refractivity contribution in [1.29, 1.82) is 0 Å². The molecule has 1 N–H and O–H groups in total. The lowest BCUT2D eigenvalue weighted by molar-refractivity contribution is 0.112. The molecule has 0 saturated carbocycles. The summed E-state index contributed by atoms with van der Waals surface area (Å²) < 4.78 is 26.8. The summed E-state index contributed by atoms with van der Waals surface area (Å²) in [6.07, 6.45) is 1.60. The molecule has 0 spiro atoms. The summed E-state index contributed by atoms with van der Waals surface area (Å²) >= 11 is 0. The average Bonchev–Trinajstić information content (AvgIpc) is 2.60. The van der Waals surface area contributed by atoms with Gasteiger partial charge in [-0.15, -0.1) is 0 Å². The Morgan fingerprint density at radius 1 is 1.20 bits per heavy atom. The Morgan fingerprint density at radius 3 is 2.53 bits per heavy atom. The van der Waals surface area contributed by atoms with Gasteiger partial charge in [0.05, 0.1) is 11.3 Å². The molecule has 0 aliphatic heterocycles. The highest BCUT2D eigenvalue weighted by Gasteiger charge is 2.14. The van der Waals surface area contributed by atoms with Crippen LogP contribution in [0.25, 0.3) is 11.3 Å². The molecule has 0 amide bonds. The van der Waals surface area contributed by atoms with Crippen LogP contribution in [-0.2, 0) is 0 Å². The molecule has 76 valence electrons. The quantitative estimate of drug-likeness (QED) is 0.754. The standard InChI is InChI=1S/C11H7F2NO/c12-9-4-2-1-3-8(9)11-10(13)7(6-15)5-14-11/h1-6,14H. The molecule has 1 heterocycles. The Bertz CT molecular complexity index is 505. The lowest BCUT2D eigenvalue weighted by Gasteiger charge is -1.99. The molecule has 0 aliphatic rings. The first-order chi connectivity index (χ1) is 7.24. The van der Waals surface area contributed by atoms with Crippen molar-refractivity contribution in [2.45, 2.75) is 0 Å². The maximum atomic E-state index is 13.5. The second-order valence-corrected chi connectivity index (χ2v) is 3.03. The number of hydrogen-bond donors (Lipinski definition) is 1. The minimum absolute atomic E-state index is 0.00444. The second-order valence-electron chi connectivity index (χ2n) is 3.03. The highest BCUT2D eigenvalue weighted by molar-refractivity contribution is 5.79. The third kappa shape index (κ3) is 1.54. The number of aromatic amines is 1. The molecule has 0 aliphatic carbocycles. The van der Waals surface area contributed by atoms with Crippen molar-refractivity contribution in [3.8, 4) is 11.3 Å². The third-order valence-electron chi connectivity index (χ3n) is 2.12. The van der Waals surface area contributed by atoms with E-state index in [9.17, 15) is 13.6 Å². The normalized spacial score (nSPS) is 10.3. The topological polar surface area (TPSA) is 32.9 Å². The Labute approximate surface area is 84.6 Å². The molecule has 0 radical (unpaired) electrons. The van der Waals surface area contributed by atoms with Crippen molar-refractivity contribution in [2.75, 3.05) is 0 Å². The predicted molar refractivity (Wildman–Crippen MR) is 51.5 cm³/mol. The van der Waals surface area contributed by atoms with Gasteiger partial charge in [0.15, 0.2) is 12.1 Å². The third-order valence-corrected chi connectivity index (χ3v) is 2.12. The molecule has 4 heteroatoms. The van der Waals surface area contributed by atoms with E-state index in [4.69, 9.17) is 0 Å². The minimum Gasteiger partial charge on any atom is -0.358 e. The minimum atomic E-state index is -0.727. The zero-order valence-electron chi connectivity index (χ0n) is 7.63. The number of aromatic nitrogens is 1. The first kappa shape index (κ1) is 9.58. The van der Waals surface area contributed by atoms with Crippen LogP contribution in [-0.4, -0.2) is 11.3 Å². The summed E-state index contributed by atoms with van der Waals surface area (Å²) in [6, 6.07) is 5.79. The van der Waals surface area contributed by atoms with Gasteiger partial charge in [-0.25, -0.2) is 8.78 Å². The summed E-state index contributed by atoms with van der Waals surface area (Å²) in [4.78, 5) is 12.9. The predicted octanol–water partition coefficient (Wildman–Crippen LogP) is 2.77. The number of halogens is 2. The summed E-state index contributed by atoms with van der Waals surface area (Å²) in [5, 5.41) is 0. The largest absolute Gasteiger partial charge is 0.358 e. The van der Waals surface area contributed by atoms with Crippen molar-refractivity contribution >= 4 is 6.29 Å². The Kier molecular flexibility index (Phi) is 2.33. The zero-order chi connectivity index (χ0) is 10.8. The Balaban J connectivity index is 2.59. The number of hydrogen-bond acceptors (Lipinski definition) is 1. The van der Waals surface area contributed by atoms with E-state index in [0.717, 1.165) is 0 Å². The second kappa shape index (κ2) is 3.65. The average molecular weight is 207 g/mol.